The summed E-state index contributed by atoms with van der Waals surface area (Å²) < 4.78 is 0. The van der Waals surface area contributed by atoms with Crippen molar-refractivity contribution in [2.75, 3.05) is 0 Å². The van der Waals surface area contributed by atoms with Crippen LogP contribution in [0.1, 0.15) is 43.4 Å². The lowest BCUT2D eigenvalue weighted by Gasteiger charge is -2.15. The molecule has 1 unspecified atom stereocenters. The number of allylic oxidation sites excluding steroid dienone is 4. The molecule has 0 saturated heterocycles. The number of hydrogen-bond donors (Lipinski definition) is 1. The van der Waals surface area contributed by atoms with Crippen LogP contribution in [0, 0.1) is 18.3 Å². The van der Waals surface area contributed by atoms with Crippen molar-refractivity contribution in [1.82, 2.24) is 0 Å². The first-order valence-electron chi connectivity index (χ1n) is 7.36. The fourth-order valence-corrected chi connectivity index (χ4v) is 2.58. The minimum atomic E-state index is -0.514. The first-order valence-corrected chi connectivity index (χ1v) is 7.36. The number of nitrogens with zero attached hydrogens (tertiary/aromatic N) is 1. The van der Waals surface area contributed by atoms with Gasteiger partial charge in [-0.1, -0.05) is 42.9 Å². The molecular formula is C19H21NO. The summed E-state index contributed by atoms with van der Waals surface area (Å²) in [7, 11) is 0. The standard InChI is InChI=1S/C19H21NO/c1-4-15-5-9-18(14(3)21)19(10-6-15)16-7-8-17(12-20)13(2)11-16/h5,7-11,14,21H,4,6H2,1-3H3. The van der Waals surface area contributed by atoms with E-state index in [-0.39, 0.29) is 0 Å². The Kier molecular flexibility index (Phi) is 4.77. The predicted octanol–water partition coefficient (Wildman–Crippen LogP) is 4.30. The highest BCUT2D eigenvalue weighted by atomic mass is 16.3. The van der Waals surface area contributed by atoms with Crippen LogP contribution in [0.15, 0.2) is 47.6 Å². The largest absolute Gasteiger partial charge is 0.389 e. The van der Waals surface area contributed by atoms with Crippen LogP contribution in [0.2, 0.25) is 0 Å². The van der Waals surface area contributed by atoms with E-state index in [0.717, 1.165) is 35.1 Å². The van der Waals surface area contributed by atoms with E-state index in [1.165, 1.54) is 5.57 Å². The lowest BCUT2D eigenvalue weighted by atomic mass is 9.92. The van der Waals surface area contributed by atoms with E-state index in [4.69, 9.17) is 5.26 Å². The van der Waals surface area contributed by atoms with E-state index in [9.17, 15) is 5.11 Å². The second kappa shape index (κ2) is 6.56. The molecule has 2 heteroatoms. The molecule has 0 radical (unpaired) electrons. The summed E-state index contributed by atoms with van der Waals surface area (Å²) in [5, 5.41) is 19.1. The van der Waals surface area contributed by atoms with Crippen LogP contribution in [0.5, 0.6) is 0 Å². The maximum Gasteiger partial charge on any atom is 0.0994 e. The number of rotatable bonds is 3. The van der Waals surface area contributed by atoms with Gasteiger partial charge < -0.3 is 5.11 Å². The van der Waals surface area contributed by atoms with E-state index < -0.39 is 6.10 Å². The highest BCUT2D eigenvalue weighted by Gasteiger charge is 2.15. The monoisotopic (exact) mass is 279 g/mol. The molecule has 1 aromatic carbocycles. The van der Waals surface area contributed by atoms with Gasteiger partial charge in [-0.25, -0.2) is 0 Å². The zero-order chi connectivity index (χ0) is 15.4. The van der Waals surface area contributed by atoms with Crippen molar-refractivity contribution in [2.24, 2.45) is 0 Å². The molecule has 0 amide bonds. The van der Waals surface area contributed by atoms with E-state index in [1.54, 1.807) is 6.92 Å². The molecule has 0 heterocycles. The van der Waals surface area contributed by atoms with Crippen LogP contribution in [-0.4, -0.2) is 11.2 Å². The van der Waals surface area contributed by atoms with Crippen LogP contribution in [0.25, 0.3) is 5.57 Å². The lowest BCUT2D eigenvalue weighted by Crippen LogP contribution is -2.06. The topological polar surface area (TPSA) is 44.0 Å². The second-order valence-electron chi connectivity index (χ2n) is 5.44. The molecule has 1 N–H and O–H groups in total. The molecule has 1 aliphatic carbocycles. The van der Waals surface area contributed by atoms with Crippen LogP contribution >= 0.6 is 0 Å². The number of aryl methyl sites for hydroxylation is 1. The molecule has 1 atom stereocenters. The summed E-state index contributed by atoms with van der Waals surface area (Å²) in [6.45, 7) is 5.88. The third-order valence-electron chi connectivity index (χ3n) is 3.94. The molecule has 2 rings (SSSR count). The Bertz CT molecular complexity index is 669. The van der Waals surface area contributed by atoms with Gasteiger partial charge in [0.25, 0.3) is 0 Å². The number of hydrogen-bond acceptors (Lipinski definition) is 2. The maximum absolute atomic E-state index is 10.1. The molecule has 0 saturated carbocycles. The molecule has 2 nitrogen and oxygen atoms in total. The van der Waals surface area contributed by atoms with Crippen molar-refractivity contribution in [3.05, 3.63) is 64.3 Å². The molecule has 108 valence electrons. The lowest BCUT2D eigenvalue weighted by molar-refractivity contribution is 0.236. The van der Waals surface area contributed by atoms with E-state index in [1.807, 2.05) is 31.2 Å². The smallest absolute Gasteiger partial charge is 0.0994 e. The molecule has 0 fully saturated rings. The Morgan fingerprint density at radius 1 is 1.33 bits per heavy atom. The Labute approximate surface area is 126 Å². The molecule has 1 aliphatic rings. The fraction of sp³-hybridized carbons (Fsp3) is 0.316. The van der Waals surface area contributed by atoms with Gasteiger partial charge in [-0.15, -0.1) is 0 Å². The molecule has 0 spiro atoms. The molecule has 21 heavy (non-hydrogen) atoms. The molecule has 0 aliphatic heterocycles. The molecule has 0 bridgehead atoms. The SMILES string of the molecule is CCC1=CC=C(C(C)O)C(c2ccc(C#N)c(C)c2)=CC1. The summed E-state index contributed by atoms with van der Waals surface area (Å²) in [6, 6.07) is 8.03. The Morgan fingerprint density at radius 3 is 2.67 bits per heavy atom. The van der Waals surface area contributed by atoms with E-state index in [2.05, 4.69) is 25.1 Å². The van der Waals surface area contributed by atoms with Crippen LogP contribution in [-0.2, 0) is 0 Å². The maximum atomic E-state index is 10.1. The summed E-state index contributed by atoms with van der Waals surface area (Å²) in [5.74, 6) is 0. The van der Waals surface area contributed by atoms with Crippen molar-refractivity contribution >= 4 is 5.57 Å². The Hall–Kier alpha value is -2.11. The number of aliphatic hydroxyl groups excluding tert-OH is 1. The van der Waals surface area contributed by atoms with Crippen LogP contribution in [0.3, 0.4) is 0 Å². The van der Waals surface area contributed by atoms with Crippen molar-refractivity contribution in [3.8, 4) is 6.07 Å². The van der Waals surface area contributed by atoms with Gasteiger partial charge in [0.05, 0.1) is 17.7 Å². The first kappa shape index (κ1) is 15.3. The van der Waals surface area contributed by atoms with Gasteiger partial charge in [0.15, 0.2) is 0 Å². The molecule has 0 aromatic heterocycles. The number of benzene rings is 1. The minimum absolute atomic E-state index is 0.514. The highest BCUT2D eigenvalue weighted by Crippen LogP contribution is 2.31. The van der Waals surface area contributed by atoms with Gasteiger partial charge in [0.2, 0.25) is 0 Å². The van der Waals surface area contributed by atoms with Gasteiger partial charge in [-0.2, -0.15) is 5.26 Å². The average Bonchev–Trinajstić information content (AvgIpc) is 2.69. The van der Waals surface area contributed by atoms with Gasteiger partial charge in [-0.05, 0) is 55.0 Å². The van der Waals surface area contributed by atoms with Gasteiger partial charge in [0, 0.05) is 0 Å². The van der Waals surface area contributed by atoms with Crippen molar-refractivity contribution in [1.29, 1.82) is 5.26 Å². The van der Waals surface area contributed by atoms with Gasteiger partial charge >= 0.3 is 0 Å². The predicted molar refractivity (Wildman–Crippen MR) is 86.6 cm³/mol. The third-order valence-corrected chi connectivity index (χ3v) is 3.94. The second-order valence-corrected chi connectivity index (χ2v) is 5.44. The van der Waals surface area contributed by atoms with Crippen molar-refractivity contribution < 1.29 is 5.11 Å². The first-order chi connectivity index (χ1) is 10.1. The molecular weight excluding hydrogens is 258 g/mol. The normalized spacial score (nSPS) is 16.2. The average molecular weight is 279 g/mol. The Morgan fingerprint density at radius 2 is 2.10 bits per heavy atom. The zero-order valence-electron chi connectivity index (χ0n) is 12.9. The summed E-state index contributed by atoms with van der Waals surface area (Å²) in [6.07, 6.45) is 7.72. The van der Waals surface area contributed by atoms with Crippen LogP contribution in [0.4, 0.5) is 0 Å². The quantitative estimate of drug-likeness (QED) is 0.896. The summed E-state index contributed by atoms with van der Waals surface area (Å²) in [4.78, 5) is 0. The number of nitriles is 1. The van der Waals surface area contributed by atoms with Crippen molar-refractivity contribution in [2.45, 2.75) is 39.7 Å². The fourth-order valence-electron chi connectivity index (χ4n) is 2.58. The van der Waals surface area contributed by atoms with E-state index >= 15 is 0 Å². The van der Waals surface area contributed by atoms with Crippen molar-refractivity contribution in [3.63, 3.8) is 0 Å². The van der Waals surface area contributed by atoms with E-state index in [0.29, 0.717) is 5.56 Å². The zero-order valence-corrected chi connectivity index (χ0v) is 12.9. The summed E-state index contributed by atoms with van der Waals surface area (Å²) >= 11 is 0. The highest BCUT2D eigenvalue weighted by molar-refractivity contribution is 5.81. The van der Waals surface area contributed by atoms with Crippen LogP contribution < -0.4 is 0 Å². The minimum Gasteiger partial charge on any atom is -0.389 e. The summed E-state index contributed by atoms with van der Waals surface area (Å²) in [5.41, 5.74) is 6.08. The number of aliphatic hydroxyl groups is 1. The Balaban J connectivity index is 2.49. The van der Waals surface area contributed by atoms with Gasteiger partial charge in [-0.3, -0.25) is 0 Å². The molecule has 1 aromatic rings. The third kappa shape index (κ3) is 3.32. The van der Waals surface area contributed by atoms with Gasteiger partial charge in [0.1, 0.15) is 0 Å².